The summed E-state index contributed by atoms with van der Waals surface area (Å²) in [6.45, 7) is 0.835. The molecule has 4 rings (SSSR count). The molecule has 2 fully saturated rings. The molecule has 1 unspecified atom stereocenters. The number of hydrogen-bond acceptors (Lipinski definition) is 8. The Labute approximate surface area is 196 Å². The fourth-order valence-corrected chi connectivity index (χ4v) is 7.42. The van der Waals surface area contributed by atoms with E-state index in [1.807, 2.05) is 30.3 Å². The molecule has 0 aliphatic carbocycles. The maximum absolute atomic E-state index is 13.3. The van der Waals surface area contributed by atoms with Gasteiger partial charge in [0.25, 0.3) is 10.0 Å². The average molecular weight is 495 g/mol. The predicted molar refractivity (Wildman–Crippen MR) is 121 cm³/mol. The van der Waals surface area contributed by atoms with E-state index < -0.39 is 16.0 Å². The minimum atomic E-state index is -3.86. The van der Waals surface area contributed by atoms with Crippen molar-refractivity contribution in [3.63, 3.8) is 0 Å². The zero-order valence-corrected chi connectivity index (χ0v) is 20.1. The lowest BCUT2D eigenvalue weighted by Gasteiger charge is -2.37. The highest BCUT2D eigenvalue weighted by Gasteiger charge is 2.42. The van der Waals surface area contributed by atoms with Crippen LogP contribution in [0.1, 0.15) is 28.8 Å². The van der Waals surface area contributed by atoms with Crippen LogP contribution in [0.3, 0.4) is 0 Å². The van der Waals surface area contributed by atoms with Crippen LogP contribution in [0.5, 0.6) is 5.75 Å². The summed E-state index contributed by atoms with van der Waals surface area (Å²) in [5, 5.41) is 1.43. The minimum absolute atomic E-state index is 0.0000179. The number of carbonyl (C=O) groups excluding carboxylic acids is 2. The second kappa shape index (κ2) is 9.70. The van der Waals surface area contributed by atoms with Gasteiger partial charge >= 0.3 is 12.1 Å². The van der Waals surface area contributed by atoms with Gasteiger partial charge in [0.05, 0.1) is 20.3 Å². The third-order valence-electron chi connectivity index (χ3n) is 6.03. The average Bonchev–Trinajstić information content (AvgIpc) is 3.43. The van der Waals surface area contributed by atoms with Crippen LogP contribution in [0.4, 0.5) is 4.79 Å². The number of hydrogen-bond donors (Lipinski definition) is 0. The Kier molecular flexibility index (Phi) is 6.91. The molecular weight excluding hydrogens is 468 g/mol. The summed E-state index contributed by atoms with van der Waals surface area (Å²) in [6.07, 6.45) is 1.34. The topological polar surface area (TPSA) is 102 Å². The Morgan fingerprint density at radius 1 is 1.18 bits per heavy atom. The lowest BCUT2D eigenvalue weighted by Crippen LogP contribution is -2.50. The first-order valence-electron chi connectivity index (χ1n) is 10.6. The van der Waals surface area contributed by atoms with Crippen molar-refractivity contribution in [3.05, 3.63) is 46.8 Å². The quantitative estimate of drug-likeness (QED) is 0.546. The van der Waals surface area contributed by atoms with E-state index in [4.69, 9.17) is 14.2 Å². The van der Waals surface area contributed by atoms with E-state index in [9.17, 15) is 18.0 Å². The lowest BCUT2D eigenvalue weighted by atomic mass is 10.00. The fraction of sp³-hybridized carbons (Fsp3) is 0.455. The summed E-state index contributed by atoms with van der Waals surface area (Å²) >= 11 is 0.933. The highest BCUT2D eigenvalue weighted by atomic mass is 32.2. The number of carbonyl (C=O) groups is 2. The summed E-state index contributed by atoms with van der Waals surface area (Å²) in [6, 6.07) is 9.74. The standard InChI is InChI=1S/C22H26N2O7S2/c1-29-19-18(20(25)30-2)14-32-21(19)33(27,28)23-10-8-16(9-11-23)24-17(13-31-22(24)26)12-15-6-4-3-5-7-15/h3-7,14,16-17H,8-13H2,1-2H3. The molecule has 0 radical (unpaired) electrons. The van der Waals surface area contributed by atoms with Gasteiger partial charge in [0.1, 0.15) is 12.2 Å². The first kappa shape index (κ1) is 23.5. The maximum atomic E-state index is 13.3. The number of rotatable bonds is 7. The summed E-state index contributed by atoms with van der Waals surface area (Å²) in [5.41, 5.74) is 1.21. The SMILES string of the molecule is COC(=O)c1csc(S(=O)(=O)N2CCC(N3C(=O)OCC3Cc3ccccc3)CC2)c1OC. The fourth-order valence-electron chi connectivity index (χ4n) is 4.39. The maximum Gasteiger partial charge on any atom is 0.410 e. The highest BCUT2D eigenvalue weighted by Crippen LogP contribution is 2.38. The Bertz CT molecular complexity index is 1110. The van der Waals surface area contributed by atoms with Crippen LogP contribution in [-0.2, 0) is 25.9 Å². The van der Waals surface area contributed by atoms with Gasteiger partial charge in [-0.25, -0.2) is 18.0 Å². The minimum Gasteiger partial charge on any atom is -0.494 e. The van der Waals surface area contributed by atoms with Crippen molar-refractivity contribution in [2.45, 2.75) is 35.6 Å². The number of ether oxygens (including phenoxy) is 3. The van der Waals surface area contributed by atoms with Crippen LogP contribution >= 0.6 is 11.3 Å². The van der Waals surface area contributed by atoms with Crippen LogP contribution in [0, 0.1) is 0 Å². The number of benzene rings is 1. The van der Waals surface area contributed by atoms with Crippen molar-refractivity contribution >= 4 is 33.4 Å². The number of thiophene rings is 1. The van der Waals surface area contributed by atoms with Gasteiger partial charge in [-0.2, -0.15) is 4.31 Å². The molecule has 1 aromatic heterocycles. The van der Waals surface area contributed by atoms with Crippen molar-refractivity contribution in [1.29, 1.82) is 0 Å². The van der Waals surface area contributed by atoms with Crippen molar-refractivity contribution in [1.82, 2.24) is 9.21 Å². The zero-order valence-electron chi connectivity index (χ0n) is 18.4. The van der Waals surface area contributed by atoms with Gasteiger partial charge in [0.15, 0.2) is 9.96 Å². The summed E-state index contributed by atoms with van der Waals surface area (Å²) < 4.78 is 43.2. The highest BCUT2D eigenvalue weighted by molar-refractivity contribution is 7.91. The molecule has 0 bridgehead atoms. The Hall–Kier alpha value is -2.63. The Morgan fingerprint density at radius 2 is 1.88 bits per heavy atom. The number of sulfonamides is 1. The van der Waals surface area contributed by atoms with Crippen molar-refractivity contribution in [3.8, 4) is 5.75 Å². The Morgan fingerprint density at radius 3 is 2.52 bits per heavy atom. The normalized spacial score (nSPS) is 20.0. The molecule has 2 saturated heterocycles. The number of methoxy groups -OCH3 is 2. The predicted octanol–water partition coefficient (Wildman–Crippen LogP) is 2.76. The number of nitrogens with zero attached hydrogens (tertiary/aromatic N) is 2. The molecule has 3 heterocycles. The number of esters is 1. The van der Waals surface area contributed by atoms with Crippen molar-refractivity contribution in [2.24, 2.45) is 0 Å². The first-order chi connectivity index (χ1) is 15.9. The molecule has 0 saturated carbocycles. The van der Waals surface area contributed by atoms with Gasteiger partial charge in [0.2, 0.25) is 0 Å². The number of amides is 1. The second-order valence-corrected chi connectivity index (χ2v) is 10.9. The number of cyclic esters (lactones) is 1. The molecule has 1 amide bonds. The number of piperidine rings is 1. The van der Waals surface area contributed by atoms with Crippen LogP contribution in [0.15, 0.2) is 39.9 Å². The van der Waals surface area contributed by atoms with Gasteiger partial charge in [-0.3, -0.25) is 4.90 Å². The molecular formula is C22H26N2O7S2. The van der Waals surface area contributed by atoms with Crippen molar-refractivity contribution < 1.29 is 32.2 Å². The molecule has 178 valence electrons. The lowest BCUT2D eigenvalue weighted by molar-refractivity contribution is 0.0597. The molecule has 9 nitrogen and oxygen atoms in total. The molecule has 2 aliphatic rings. The molecule has 11 heteroatoms. The van der Waals surface area contributed by atoms with E-state index in [2.05, 4.69) is 0 Å². The van der Waals surface area contributed by atoms with Crippen LogP contribution in [0.25, 0.3) is 0 Å². The van der Waals surface area contributed by atoms with Gasteiger partial charge < -0.3 is 14.2 Å². The summed E-state index contributed by atoms with van der Waals surface area (Å²) in [5.74, 6) is -0.653. The van der Waals surface area contributed by atoms with Gasteiger partial charge in [-0.1, -0.05) is 30.3 Å². The molecule has 2 aliphatic heterocycles. The second-order valence-electron chi connectivity index (χ2n) is 7.92. The van der Waals surface area contributed by atoms with E-state index in [1.54, 1.807) is 4.90 Å². The summed E-state index contributed by atoms with van der Waals surface area (Å²) in [4.78, 5) is 26.2. The molecule has 33 heavy (non-hydrogen) atoms. The van der Waals surface area contributed by atoms with Gasteiger partial charge in [0, 0.05) is 24.5 Å². The van der Waals surface area contributed by atoms with E-state index in [0.29, 0.717) is 25.9 Å². The van der Waals surface area contributed by atoms with Crippen molar-refractivity contribution in [2.75, 3.05) is 33.9 Å². The van der Waals surface area contributed by atoms with Crippen LogP contribution in [-0.4, -0.2) is 75.7 Å². The summed E-state index contributed by atoms with van der Waals surface area (Å²) in [7, 11) is -1.31. The van der Waals surface area contributed by atoms with Gasteiger partial charge in [-0.15, -0.1) is 11.3 Å². The third-order valence-corrected chi connectivity index (χ3v) is 9.40. The van der Waals surface area contributed by atoms with E-state index in [-0.39, 0.29) is 46.8 Å². The van der Waals surface area contributed by atoms with E-state index in [0.717, 1.165) is 16.9 Å². The van der Waals surface area contributed by atoms with Gasteiger partial charge in [-0.05, 0) is 24.8 Å². The zero-order chi connectivity index (χ0) is 23.6. The Balaban J connectivity index is 1.46. The largest absolute Gasteiger partial charge is 0.494 e. The smallest absolute Gasteiger partial charge is 0.410 e. The van der Waals surface area contributed by atoms with Crippen LogP contribution < -0.4 is 4.74 Å². The monoisotopic (exact) mass is 494 g/mol. The first-order valence-corrected chi connectivity index (χ1v) is 12.9. The molecule has 1 aromatic carbocycles. The molecule has 0 spiro atoms. The molecule has 1 atom stereocenters. The third kappa shape index (κ3) is 4.57. The molecule has 2 aromatic rings. The van der Waals surface area contributed by atoms with E-state index >= 15 is 0 Å². The van der Waals surface area contributed by atoms with Crippen LogP contribution in [0.2, 0.25) is 0 Å². The molecule has 0 N–H and O–H groups in total. The van der Waals surface area contributed by atoms with E-state index in [1.165, 1.54) is 23.9 Å².